The van der Waals surface area contributed by atoms with Gasteiger partial charge >= 0.3 is 0 Å². The molecule has 0 aromatic heterocycles. The second-order valence-corrected chi connectivity index (χ2v) is 7.01. The van der Waals surface area contributed by atoms with E-state index in [9.17, 15) is 0 Å². The first kappa shape index (κ1) is 16.0. The van der Waals surface area contributed by atoms with Crippen molar-refractivity contribution in [2.45, 2.75) is 72.4 Å². The molecule has 0 bridgehead atoms. The van der Waals surface area contributed by atoms with E-state index >= 15 is 0 Å². The summed E-state index contributed by atoms with van der Waals surface area (Å²) >= 11 is 0. The van der Waals surface area contributed by atoms with Crippen molar-refractivity contribution in [2.75, 3.05) is 13.2 Å². The molecule has 1 N–H and O–H groups in total. The maximum atomic E-state index is 5.78. The van der Waals surface area contributed by atoms with Crippen LogP contribution in [0.2, 0.25) is 0 Å². The molecule has 3 unspecified atom stereocenters. The Kier molecular flexibility index (Phi) is 6.13. The van der Waals surface area contributed by atoms with Crippen LogP contribution in [0.5, 0.6) is 0 Å². The van der Waals surface area contributed by atoms with E-state index in [1.54, 1.807) is 0 Å². The number of ether oxygens (including phenoxy) is 1. The highest BCUT2D eigenvalue weighted by atomic mass is 16.5. The van der Waals surface area contributed by atoms with Crippen molar-refractivity contribution in [1.29, 1.82) is 0 Å². The van der Waals surface area contributed by atoms with E-state index in [2.05, 4.69) is 46.9 Å². The molecule has 1 aliphatic carbocycles. The minimum atomic E-state index is -0.0447. The topological polar surface area (TPSA) is 21.3 Å². The van der Waals surface area contributed by atoms with Crippen LogP contribution in [0.1, 0.15) is 60.8 Å². The Morgan fingerprint density at radius 3 is 2.50 bits per heavy atom. The summed E-state index contributed by atoms with van der Waals surface area (Å²) in [5, 5.41) is 3.78. The molecule has 1 fully saturated rings. The van der Waals surface area contributed by atoms with Crippen molar-refractivity contribution in [3.8, 4) is 0 Å². The average molecular weight is 255 g/mol. The van der Waals surface area contributed by atoms with Crippen LogP contribution in [-0.2, 0) is 4.74 Å². The molecule has 0 amide bonds. The third-order valence-corrected chi connectivity index (χ3v) is 4.35. The van der Waals surface area contributed by atoms with E-state index in [4.69, 9.17) is 4.74 Å². The Balaban J connectivity index is 2.50. The summed E-state index contributed by atoms with van der Waals surface area (Å²) in [6.45, 7) is 15.3. The molecule has 0 radical (unpaired) electrons. The van der Waals surface area contributed by atoms with E-state index in [1.807, 2.05) is 0 Å². The van der Waals surface area contributed by atoms with Crippen molar-refractivity contribution in [3.05, 3.63) is 0 Å². The first-order valence-electron chi connectivity index (χ1n) is 7.73. The van der Waals surface area contributed by atoms with Crippen LogP contribution in [0.3, 0.4) is 0 Å². The van der Waals surface area contributed by atoms with E-state index in [1.165, 1.54) is 19.3 Å². The molecule has 0 heterocycles. The Labute approximate surface area is 114 Å². The van der Waals surface area contributed by atoms with Gasteiger partial charge in [0.05, 0.1) is 5.60 Å². The maximum absolute atomic E-state index is 5.78. The fourth-order valence-electron chi connectivity index (χ4n) is 3.26. The smallest absolute Gasteiger partial charge is 0.0750 e. The molecule has 2 nitrogen and oxygen atoms in total. The van der Waals surface area contributed by atoms with Crippen LogP contribution < -0.4 is 5.32 Å². The van der Waals surface area contributed by atoms with Crippen molar-refractivity contribution < 1.29 is 4.74 Å². The zero-order valence-corrected chi connectivity index (χ0v) is 13.3. The van der Waals surface area contributed by atoms with Gasteiger partial charge in [0.15, 0.2) is 0 Å². The highest BCUT2D eigenvalue weighted by Crippen LogP contribution is 2.33. The number of rotatable bonds is 6. The lowest BCUT2D eigenvalue weighted by Crippen LogP contribution is -2.48. The summed E-state index contributed by atoms with van der Waals surface area (Å²) in [5.74, 6) is 2.48. The maximum Gasteiger partial charge on any atom is 0.0750 e. The van der Waals surface area contributed by atoms with Gasteiger partial charge in [-0.15, -0.1) is 0 Å². The van der Waals surface area contributed by atoms with E-state index in [0.717, 1.165) is 30.9 Å². The predicted molar refractivity (Wildman–Crippen MR) is 78.8 cm³/mol. The zero-order valence-electron chi connectivity index (χ0n) is 13.3. The highest BCUT2D eigenvalue weighted by molar-refractivity contribution is 4.87. The molecule has 108 valence electrons. The third kappa shape index (κ3) is 4.89. The van der Waals surface area contributed by atoms with E-state index in [0.29, 0.717) is 6.04 Å². The number of hydrogen-bond acceptors (Lipinski definition) is 2. The summed E-state index contributed by atoms with van der Waals surface area (Å²) in [6, 6.07) is 0.675. The minimum absolute atomic E-state index is 0.0447. The van der Waals surface area contributed by atoms with Crippen LogP contribution in [0, 0.1) is 17.8 Å². The summed E-state index contributed by atoms with van der Waals surface area (Å²) < 4.78 is 5.78. The molecule has 3 atom stereocenters. The standard InChI is InChI=1S/C16H33NO/c1-7-18-16(5,6)11-17-15-10-13(4)8-9-14(15)12(2)3/h12-15,17H,7-11H2,1-6H3. The zero-order chi connectivity index (χ0) is 13.8. The molecular formula is C16H33NO. The number of nitrogens with one attached hydrogen (secondary N) is 1. The highest BCUT2D eigenvalue weighted by Gasteiger charge is 2.31. The molecule has 0 aliphatic heterocycles. The number of hydrogen-bond donors (Lipinski definition) is 1. The normalized spacial score (nSPS) is 29.8. The van der Waals surface area contributed by atoms with E-state index < -0.39 is 0 Å². The van der Waals surface area contributed by atoms with Gasteiger partial charge in [0.2, 0.25) is 0 Å². The first-order chi connectivity index (χ1) is 8.35. The van der Waals surface area contributed by atoms with Gasteiger partial charge in [0.1, 0.15) is 0 Å². The summed E-state index contributed by atoms with van der Waals surface area (Å²) in [7, 11) is 0. The fourth-order valence-corrected chi connectivity index (χ4v) is 3.26. The van der Waals surface area contributed by atoms with Gasteiger partial charge in [-0.3, -0.25) is 0 Å². The molecule has 0 aromatic rings. The second kappa shape index (κ2) is 6.91. The molecule has 18 heavy (non-hydrogen) atoms. The molecule has 2 heteroatoms. The van der Waals surface area contributed by atoms with Crippen molar-refractivity contribution >= 4 is 0 Å². The Morgan fingerprint density at radius 1 is 1.28 bits per heavy atom. The van der Waals surface area contributed by atoms with Gasteiger partial charge in [-0.2, -0.15) is 0 Å². The predicted octanol–water partition coefficient (Wildman–Crippen LogP) is 3.85. The van der Waals surface area contributed by atoms with Crippen LogP contribution >= 0.6 is 0 Å². The van der Waals surface area contributed by atoms with Crippen molar-refractivity contribution in [3.63, 3.8) is 0 Å². The third-order valence-electron chi connectivity index (χ3n) is 4.35. The fraction of sp³-hybridized carbons (Fsp3) is 1.00. The van der Waals surface area contributed by atoms with Gasteiger partial charge in [0, 0.05) is 19.2 Å². The average Bonchev–Trinajstić information content (AvgIpc) is 2.26. The minimum Gasteiger partial charge on any atom is -0.375 e. The molecule has 0 saturated heterocycles. The lowest BCUT2D eigenvalue weighted by molar-refractivity contribution is -0.0145. The van der Waals surface area contributed by atoms with Crippen LogP contribution in [0.4, 0.5) is 0 Å². The largest absolute Gasteiger partial charge is 0.375 e. The van der Waals surface area contributed by atoms with Gasteiger partial charge < -0.3 is 10.1 Å². The monoisotopic (exact) mass is 255 g/mol. The van der Waals surface area contributed by atoms with Gasteiger partial charge in [0.25, 0.3) is 0 Å². The Bertz CT molecular complexity index is 237. The van der Waals surface area contributed by atoms with Gasteiger partial charge in [-0.25, -0.2) is 0 Å². The molecule has 1 rings (SSSR count). The van der Waals surface area contributed by atoms with E-state index in [-0.39, 0.29) is 5.60 Å². The van der Waals surface area contributed by atoms with Gasteiger partial charge in [-0.1, -0.05) is 27.2 Å². The summed E-state index contributed by atoms with van der Waals surface area (Å²) in [4.78, 5) is 0. The second-order valence-electron chi connectivity index (χ2n) is 7.01. The molecule has 1 aliphatic rings. The van der Waals surface area contributed by atoms with Crippen LogP contribution in [-0.4, -0.2) is 24.8 Å². The lowest BCUT2D eigenvalue weighted by atomic mass is 9.74. The Morgan fingerprint density at radius 2 is 1.94 bits per heavy atom. The Hall–Kier alpha value is -0.0800. The first-order valence-corrected chi connectivity index (χ1v) is 7.73. The SMILES string of the molecule is CCOC(C)(C)CNC1CC(C)CCC1C(C)C. The van der Waals surface area contributed by atoms with Gasteiger partial charge in [-0.05, 0) is 51.4 Å². The summed E-state index contributed by atoms with van der Waals surface area (Å²) in [6.07, 6.45) is 4.10. The molecule has 0 aromatic carbocycles. The van der Waals surface area contributed by atoms with Crippen LogP contribution in [0.15, 0.2) is 0 Å². The van der Waals surface area contributed by atoms with Crippen molar-refractivity contribution in [2.24, 2.45) is 17.8 Å². The molecular weight excluding hydrogens is 222 g/mol. The molecule has 0 spiro atoms. The quantitative estimate of drug-likeness (QED) is 0.778. The lowest BCUT2D eigenvalue weighted by Gasteiger charge is -2.39. The van der Waals surface area contributed by atoms with Crippen molar-refractivity contribution in [1.82, 2.24) is 5.32 Å². The summed E-state index contributed by atoms with van der Waals surface area (Å²) in [5.41, 5.74) is -0.0447. The van der Waals surface area contributed by atoms with Crippen LogP contribution in [0.25, 0.3) is 0 Å². The molecule has 1 saturated carbocycles.